The smallest absolute Gasteiger partial charge is 0.217 e. The lowest BCUT2D eigenvalue weighted by Crippen LogP contribution is -2.23. The second-order valence-corrected chi connectivity index (χ2v) is 7.16. The van der Waals surface area contributed by atoms with Crippen LogP contribution in [0.15, 0.2) is 42.5 Å². The number of aromatic hydroxyl groups is 1. The van der Waals surface area contributed by atoms with Gasteiger partial charge in [0.05, 0.1) is 18.3 Å². The van der Waals surface area contributed by atoms with Crippen molar-refractivity contribution in [3.8, 4) is 11.5 Å². The van der Waals surface area contributed by atoms with Gasteiger partial charge in [-0.15, -0.1) is 0 Å². The summed E-state index contributed by atoms with van der Waals surface area (Å²) in [5.41, 5.74) is 1.66. The minimum atomic E-state index is -0.207. The maximum Gasteiger partial charge on any atom is 0.217 e. The molecule has 0 radical (unpaired) electrons. The topological polar surface area (TPSA) is 71.0 Å². The van der Waals surface area contributed by atoms with Crippen LogP contribution in [-0.4, -0.2) is 44.4 Å². The molecule has 164 valence electrons. The van der Waals surface area contributed by atoms with Gasteiger partial charge < -0.3 is 24.8 Å². The lowest BCUT2D eigenvalue weighted by atomic mass is 10.1. The van der Waals surface area contributed by atoms with Crippen molar-refractivity contribution in [3.05, 3.63) is 53.8 Å². The summed E-state index contributed by atoms with van der Waals surface area (Å²) in [4.78, 5) is 12.8. The first-order chi connectivity index (χ1) is 14.4. The molecular weight excluding hydrogens is 387 g/mol. The third-order valence-corrected chi connectivity index (χ3v) is 4.73. The van der Waals surface area contributed by atoms with E-state index in [2.05, 4.69) is 10.2 Å². The summed E-state index contributed by atoms with van der Waals surface area (Å²) in [5.74, 6) is 0.531. The second kappa shape index (κ2) is 12.0. The average molecular weight is 419 g/mol. The van der Waals surface area contributed by atoms with Gasteiger partial charge in [0, 0.05) is 33.2 Å². The van der Waals surface area contributed by atoms with Crippen molar-refractivity contribution in [1.82, 2.24) is 5.32 Å². The van der Waals surface area contributed by atoms with Crippen molar-refractivity contribution in [2.45, 2.75) is 32.7 Å². The van der Waals surface area contributed by atoms with Gasteiger partial charge in [-0.05, 0) is 49.6 Å². The van der Waals surface area contributed by atoms with Crippen molar-refractivity contribution >= 4 is 11.6 Å². The molecule has 0 spiro atoms. The molecule has 1 aliphatic heterocycles. The number of nitrogens with zero attached hydrogens (tertiary/aromatic N) is 1. The van der Waals surface area contributed by atoms with Crippen LogP contribution in [0.3, 0.4) is 0 Å². The SMILES string of the molecule is CC(=O)NC(C)c1ccc(O)cc1.COCCOc1ccc(N2CCCC2)c(F)c1. The van der Waals surface area contributed by atoms with Gasteiger partial charge in [0.1, 0.15) is 23.9 Å². The predicted octanol–water partition coefficient (Wildman–Crippen LogP) is 4.04. The summed E-state index contributed by atoms with van der Waals surface area (Å²) in [7, 11) is 1.61. The Hall–Kier alpha value is -2.80. The number of halogens is 1. The molecule has 1 fully saturated rings. The van der Waals surface area contributed by atoms with Crippen LogP contribution in [0.2, 0.25) is 0 Å². The van der Waals surface area contributed by atoms with Gasteiger partial charge in [-0.3, -0.25) is 4.79 Å². The molecule has 30 heavy (non-hydrogen) atoms. The Morgan fingerprint density at radius 1 is 1.17 bits per heavy atom. The van der Waals surface area contributed by atoms with E-state index in [1.807, 2.05) is 13.0 Å². The molecule has 0 aromatic heterocycles. The Kier molecular flexibility index (Phi) is 9.41. The maximum absolute atomic E-state index is 13.9. The molecule has 1 aliphatic rings. The molecule has 1 amide bonds. The molecule has 1 atom stereocenters. The molecule has 7 heteroatoms. The summed E-state index contributed by atoms with van der Waals surface area (Å²) in [5, 5.41) is 11.8. The van der Waals surface area contributed by atoms with Gasteiger partial charge >= 0.3 is 0 Å². The van der Waals surface area contributed by atoms with Crippen LogP contribution in [-0.2, 0) is 9.53 Å². The van der Waals surface area contributed by atoms with Crippen molar-refractivity contribution in [3.63, 3.8) is 0 Å². The number of phenols is 1. The molecule has 1 heterocycles. The number of hydrogen-bond donors (Lipinski definition) is 2. The number of carbonyl (C=O) groups excluding carboxylic acids is 1. The highest BCUT2D eigenvalue weighted by Gasteiger charge is 2.16. The summed E-state index contributed by atoms with van der Waals surface area (Å²) in [6.45, 7) is 6.22. The first kappa shape index (κ1) is 23.5. The Morgan fingerprint density at radius 3 is 2.40 bits per heavy atom. The zero-order chi connectivity index (χ0) is 21.9. The van der Waals surface area contributed by atoms with Crippen molar-refractivity contribution in [2.75, 3.05) is 38.3 Å². The fourth-order valence-corrected chi connectivity index (χ4v) is 3.19. The standard InChI is InChI=1S/C13H18FNO2.C10H13NO2/c1-16-8-9-17-11-4-5-13(12(14)10-11)15-6-2-3-7-15;1-7(11-8(2)12)9-3-5-10(13)6-4-9/h4-5,10H,2-3,6-9H2,1H3;3-7,13H,1-2H3,(H,11,12). The van der Waals surface area contributed by atoms with E-state index in [1.165, 1.54) is 13.0 Å². The predicted molar refractivity (Wildman–Crippen MR) is 116 cm³/mol. The number of nitrogens with one attached hydrogen (secondary N) is 1. The number of carbonyl (C=O) groups is 1. The van der Waals surface area contributed by atoms with E-state index in [4.69, 9.17) is 14.6 Å². The number of anilines is 1. The molecule has 2 aromatic rings. The number of phenolic OH excluding ortho intramolecular Hbond substituents is 1. The van der Waals surface area contributed by atoms with E-state index in [9.17, 15) is 9.18 Å². The fraction of sp³-hybridized carbons (Fsp3) is 0.435. The van der Waals surface area contributed by atoms with E-state index >= 15 is 0 Å². The van der Waals surface area contributed by atoms with Crippen LogP contribution in [0.1, 0.15) is 38.3 Å². The van der Waals surface area contributed by atoms with Gasteiger partial charge in [0.25, 0.3) is 0 Å². The lowest BCUT2D eigenvalue weighted by molar-refractivity contribution is -0.119. The quantitative estimate of drug-likeness (QED) is 0.664. The Balaban J connectivity index is 0.000000222. The number of hydrogen-bond acceptors (Lipinski definition) is 5. The number of ether oxygens (including phenoxy) is 2. The van der Waals surface area contributed by atoms with Crippen LogP contribution < -0.4 is 15.0 Å². The molecular formula is C23H31FN2O4. The molecule has 3 rings (SSSR count). The molecule has 0 aliphatic carbocycles. The number of benzene rings is 2. The molecule has 0 saturated carbocycles. The highest BCUT2D eigenvalue weighted by Crippen LogP contribution is 2.26. The van der Waals surface area contributed by atoms with Crippen LogP contribution >= 0.6 is 0 Å². The van der Waals surface area contributed by atoms with E-state index in [1.54, 1.807) is 37.4 Å². The molecule has 6 nitrogen and oxygen atoms in total. The summed E-state index contributed by atoms with van der Waals surface area (Å²) >= 11 is 0. The average Bonchev–Trinajstić information content (AvgIpc) is 3.23. The number of rotatable bonds is 7. The van der Waals surface area contributed by atoms with Crippen LogP contribution in [0, 0.1) is 5.82 Å². The Labute approximate surface area is 177 Å². The van der Waals surface area contributed by atoms with E-state index < -0.39 is 0 Å². The summed E-state index contributed by atoms with van der Waals surface area (Å²) in [6.07, 6.45) is 2.29. The summed E-state index contributed by atoms with van der Waals surface area (Å²) in [6, 6.07) is 11.8. The first-order valence-electron chi connectivity index (χ1n) is 10.1. The van der Waals surface area contributed by atoms with Gasteiger partial charge in [0.15, 0.2) is 0 Å². The maximum atomic E-state index is 13.9. The van der Waals surface area contributed by atoms with E-state index in [-0.39, 0.29) is 23.5 Å². The fourth-order valence-electron chi connectivity index (χ4n) is 3.19. The monoisotopic (exact) mass is 418 g/mol. The molecule has 2 N–H and O–H groups in total. The van der Waals surface area contributed by atoms with Crippen LogP contribution in [0.25, 0.3) is 0 Å². The molecule has 1 saturated heterocycles. The molecule has 0 bridgehead atoms. The molecule has 1 unspecified atom stereocenters. The Morgan fingerprint density at radius 2 is 1.83 bits per heavy atom. The van der Waals surface area contributed by atoms with Gasteiger partial charge in [-0.25, -0.2) is 4.39 Å². The second-order valence-electron chi connectivity index (χ2n) is 7.16. The van der Waals surface area contributed by atoms with Crippen LogP contribution in [0.5, 0.6) is 11.5 Å². The zero-order valence-corrected chi connectivity index (χ0v) is 17.9. The number of methoxy groups -OCH3 is 1. The minimum Gasteiger partial charge on any atom is -0.508 e. The number of amides is 1. The zero-order valence-electron chi connectivity index (χ0n) is 17.9. The first-order valence-corrected chi connectivity index (χ1v) is 10.1. The van der Waals surface area contributed by atoms with E-state index in [0.717, 1.165) is 31.5 Å². The van der Waals surface area contributed by atoms with Gasteiger partial charge in [-0.1, -0.05) is 12.1 Å². The summed E-state index contributed by atoms with van der Waals surface area (Å²) < 4.78 is 24.1. The largest absolute Gasteiger partial charge is 0.508 e. The highest BCUT2D eigenvalue weighted by molar-refractivity contribution is 5.73. The molecule has 2 aromatic carbocycles. The van der Waals surface area contributed by atoms with Crippen molar-refractivity contribution in [2.24, 2.45) is 0 Å². The van der Waals surface area contributed by atoms with E-state index in [0.29, 0.717) is 24.7 Å². The third kappa shape index (κ3) is 7.55. The minimum absolute atomic E-state index is 0.0156. The van der Waals surface area contributed by atoms with Gasteiger partial charge in [0.2, 0.25) is 5.91 Å². The third-order valence-electron chi connectivity index (χ3n) is 4.73. The van der Waals surface area contributed by atoms with Crippen molar-refractivity contribution in [1.29, 1.82) is 0 Å². The van der Waals surface area contributed by atoms with Crippen LogP contribution in [0.4, 0.5) is 10.1 Å². The lowest BCUT2D eigenvalue weighted by Gasteiger charge is -2.18. The normalized spacial score (nSPS) is 13.9. The highest BCUT2D eigenvalue weighted by atomic mass is 19.1. The van der Waals surface area contributed by atoms with Crippen molar-refractivity contribution < 1.29 is 23.8 Å². The van der Waals surface area contributed by atoms with Gasteiger partial charge in [-0.2, -0.15) is 0 Å². The Bertz CT molecular complexity index is 792.